The van der Waals surface area contributed by atoms with Gasteiger partial charge in [-0.2, -0.15) is 9.97 Å². The summed E-state index contributed by atoms with van der Waals surface area (Å²) in [5, 5.41) is 21.8. The molecule has 1 unspecified atom stereocenters. The molecule has 318 valence electrons. The molecule has 0 radical (unpaired) electrons. The maximum Gasteiger partial charge on any atom is 0.328 e. The number of H-pyrrole nitrogens is 1. The molecule has 6 aromatic rings. The first-order valence-electron chi connectivity index (χ1n) is 19.7. The first-order valence-corrected chi connectivity index (χ1v) is 20.9. The van der Waals surface area contributed by atoms with E-state index < -0.39 is 11.7 Å². The van der Waals surface area contributed by atoms with Crippen LogP contribution in [-0.2, 0) is 32.1 Å². The average molecular weight is 862 g/mol. The number of aryl methyl sites for hydroxylation is 2. The number of hydrogen-bond donors (Lipinski definition) is 3. The summed E-state index contributed by atoms with van der Waals surface area (Å²) in [7, 11) is 0. The molecule has 0 spiro atoms. The van der Waals surface area contributed by atoms with Crippen molar-refractivity contribution < 1.29 is 23.7 Å². The molecule has 1 aliphatic rings. The minimum Gasteiger partial charge on any atom is -0.463 e. The summed E-state index contributed by atoms with van der Waals surface area (Å²) in [6.07, 6.45) is 3.64. The number of nitrogens with zero attached hydrogens (tertiary/aromatic N) is 10. The maximum atomic E-state index is 13.2. The number of amides is 1. The third kappa shape index (κ3) is 9.90. The number of aliphatic imine (C=N–C) groups is 1. The van der Waals surface area contributed by atoms with Crippen molar-refractivity contribution in [1.29, 1.82) is 0 Å². The number of ether oxygens (including phenoxy) is 4. The Morgan fingerprint density at radius 1 is 0.983 bits per heavy atom. The van der Waals surface area contributed by atoms with Gasteiger partial charge in [0.2, 0.25) is 5.91 Å². The molecule has 5 aromatic heterocycles. The summed E-state index contributed by atoms with van der Waals surface area (Å²) >= 11 is 7.89. The highest BCUT2D eigenvalue weighted by atomic mass is 35.5. The van der Waals surface area contributed by atoms with Crippen LogP contribution in [0.5, 0.6) is 6.01 Å². The first-order chi connectivity index (χ1) is 29.1. The highest BCUT2D eigenvalue weighted by Gasteiger charge is 2.32. The molecular weight excluding hydrogens is 814 g/mol. The van der Waals surface area contributed by atoms with Crippen LogP contribution >= 0.6 is 22.9 Å². The molecule has 1 aromatic carbocycles. The predicted molar refractivity (Wildman–Crippen MR) is 225 cm³/mol. The number of carbonyl (C=O) groups is 1. The lowest BCUT2D eigenvalue weighted by Gasteiger charge is -2.13. The molecule has 0 saturated heterocycles. The third-order valence-electron chi connectivity index (χ3n) is 9.78. The van der Waals surface area contributed by atoms with Gasteiger partial charge in [-0.15, -0.1) is 26.6 Å². The van der Waals surface area contributed by atoms with Crippen LogP contribution in [0.15, 0.2) is 40.2 Å². The van der Waals surface area contributed by atoms with Crippen LogP contribution < -0.4 is 21.5 Å². The van der Waals surface area contributed by atoms with Crippen LogP contribution in [0.3, 0.4) is 0 Å². The number of carbonyl (C=O) groups excluding carboxylic acids is 1. The molecule has 0 aliphatic carbocycles. The predicted octanol–water partition coefficient (Wildman–Crippen LogP) is 3.89. The Labute approximate surface area is 354 Å². The number of thiophene rings is 1. The highest BCUT2D eigenvalue weighted by molar-refractivity contribution is 7.15. The Hall–Kier alpha value is -5.54. The number of anilines is 1. The van der Waals surface area contributed by atoms with Crippen LogP contribution in [0.4, 0.5) is 5.82 Å². The van der Waals surface area contributed by atoms with Crippen LogP contribution in [0.1, 0.15) is 71.1 Å². The minimum atomic E-state index is -0.550. The van der Waals surface area contributed by atoms with E-state index in [0.29, 0.717) is 87.0 Å². The molecule has 0 bridgehead atoms. The van der Waals surface area contributed by atoms with Gasteiger partial charge in [-0.3, -0.25) is 18.9 Å². The van der Waals surface area contributed by atoms with Gasteiger partial charge in [0.25, 0.3) is 0 Å². The maximum absolute atomic E-state index is 13.2. The zero-order chi connectivity index (χ0) is 42.2. The van der Waals surface area contributed by atoms with Gasteiger partial charge in [0.1, 0.15) is 28.1 Å². The highest BCUT2D eigenvalue weighted by Crippen LogP contribution is 2.39. The van der Waals surface area contributed by atoms with E-state index in [-0.39, 0.29) is 30.7 Å². The zero-order valence-corrected chi connectivity index (χ0v) is 35.5. The summed E-state index contributed by atoms with van der Waals surface area (Å²) in [5.74, 6) is 1.32. The van der Waals surface area contributed by atoms with Crippen molar-refractivity contribution in [3.05, 3.63) is 84.9 Å². The van der Waals surface area contributed by atoms with Crippen molar-refractivity contribution in [2.45, 2.75) is 66.1 Å². The standard InChI is InChI=1S/C39H48ClN13O6S/c1-5-6-13-59-38-45-34(41)33-36(46-38)52(39(55)44-33)22-28-21-51(50-48-28)12-15-57-17-19-58-18-16-56-14-11-42-30(54)20-29-35-49-47-25(4)53(35)37-31(23(2)24(3)60-37)32(43-29)26-7-9-27(40)10-8-26/h7-10,21,29H,5-6,11-20,22H2,1-4H3,(H,42,54)(H,44,55)(H2,41,45,46). The van der Waals surface area contributed by atoms with E-state index in [1.807, 2.05) is 35.8 Å². The van der Waals surface area contributed by atoms with Gasteiger partial charge in [0.05, 0.1) is 77.7 Å². The van der Waals surface area contributed by atoms with E-state index >= 15 is 0 Å². The molecule has 21 heteroatoms. The van der Waals surface area contributed by atoms with Crippen LogP contribution in [0, 0.1) is 20.8 Å². The molecule has 60 heavy (non-hydrogen) atoms. The third-order valence-corrected chi connectivity index (χ3v) is 11.2. The topological polar surface area (TPSA) is 229 Å². The first kappa shape index (κ1) is 42.6. The second-order valence-electron chi connectivity index (χ2n) is 14.1. The van der Waals surface area contributed by atoms with Gasteiger partial charge in [0.15, 0.2) is 17.3 Å². The number of unbranched alkanes of at least 4 members (excludes halogenated alkanes) is 1. The molecule has 1 atom stereocenters. The Bertz CT molecular complexity index is 2510. The number of imidazole rings is 1. The number of nitrogens with one attached hydrogen (secondary N) is 2. The van der Waals surface area contributed by atoms with E-state index in [1.165, 1.54) is 9.44 Å². The second kappa shape index (κ2) is 19.7. The molecule has 7 rings (SSSR count). The second-order valence-corrected chi connectivity index (χ2v) is 15.7. The Balaban J connectivity index is 0.794. The number of fused-ring (bicyclic) bond motifs is 4. The number of nitrogen functional groups attached to an aromatic ring is 1. The van der Waals surface area contributed by atoms with Gasteiger partial charge >= 0.3 is 11.7 Å². The summed E-state index contributed by atoms with van der Waals surface area (Å²) in [6, 6.07) is 7.16. The van der Waals surface area contributed by atoms with Crippen molar-refractivity contribution in [3.63, 3.8) is 0 Å². The molecule has 0 fully saturated rings. The molecule has 0 saturated carbocycles. The van der Waals surface area contributed by atoms with Crippen molar-refractivity contribution in [3.8, 4) is 11.0 Å². The van der Waals surface area contributed by atoms with E-state index in [2.05, 4.69) is 61.5 Å². The molecule has 4 N–H and O–H groups in total. The van der Waals surface area contributed by atoms with Gasteiger partial charge in [-0.25, -0.2) is 9.48 Å². The lowest BCUT2D eigenvalue weighted by Crippen LogP contribution is -2.29. The Kier molecular flexibility index (Phi) is 14.0. The number of nitrogens with two attached hydrogens (primary N) is 1. The van der Waals surface area contributed by atoms with Gasteiger partial charge in [-0.05, 0) is 44.9 Å². The molecule has 1 aliphatic heterocycles. The number of aromatic nitrogens is 10. The summed E-state index contributed by atoms with van der Waals surface area (Å²) < 4.78 is 27.7. The summed E-state index contributed by atoms with van der Waals surface area (Å²) in [6.45, 7) is 11.8. The Morgan fingerprint density at radius 3 is 2.50 bits per heavy atom. The molecule has 19 nitrogen and oxygen atoms in total. The number of aromatic amines is 1. The number of benzene rings is 1. The smallest absolute Gasteiger partial charge is 0.328 e. The van der Waals surface area contributed by atoms with Crippen LogP contribution in [0.25, 0.3) is 16.2 Å². The van der Waals surface area contributed by atoms with E-state index in [4.69, 9.17) is 41.3 Å². The normalized spacial score (nSPS) is 13.6. The van der Waals surface area contributed by atoms with E-state index in [1.54, 1.807) is 22.2 Å². The van der Waals surface area contributed by atoms with Crippen LogP contribution in [0.2, 0.25) is 5.02 Å². The van der Waals surface area contributed by atoms with Crippen molar-refractivity contribution in [2.75, 3.05) is 58.5 Å². The Morgan fingerprint density at radius 2 is 1.73 bits per heavy atom. The fourth-order valence-corrected chi connectivity index (χ4v) is 7.91. The number of hydrogen-bond acceptors (Lipinski definition) is 15. The summed E-state index contributed by atoms with van der Waals surface area (Å²) in [5.41, 5.74) is 10.8. The van der Waals surface area contributed by atoms with E-state index in [9.17, 15) is 9.59 Å². The average Bonchev–Trinajstić information content (AvgIpc) is 3.98. The van der Waals surface area contributed by atoms with Gasteiger partial charge in [-0.1, -0.05) is 42.3 Å². The van der Waals surface area contributed by atoms with Crippen molar-refractivity contribution in [2.24, 2.45) is 4.99 Å². The monoisotopic (exact) mass is 861 g/mol. The fourth-order valence-electron chi connectivity index (χ4n) is 6.58. The lowest BCUT2D eigenvalue weighted by atomic mass is 9.99. The lowest BCUT2D eigenvalue weighted by molar-refractivity contribution is -0.121. The zero-order valence-electron chi connectivity index (χ0n) is 33.9. The summed E-state index contributed by atoms with van der Waals surface area (Å²) in [4.78, 5) is 43.5. The fraction of sp³-hybridized carbons (Fsp3) is 0.462. The quantitative estimate of drug-likeness (QED) is 0.0874. The number of halogens is 1. The number of rotatable bonds is 21. The van der Waals surface area contributed by atoms with E-state index in [0.717, 1.165) is 46.1 Å². The van der Waals surface area contributed by atoms with Crippen molar-refractivity contribution >= 4 is 51.5 Å². The molecule has 6 heterocycles. The largest absolute Gasteiger partial charge is 0.463 e. The van der Waals surface area contributed by atoms with Gasteiger partial charge < -0.3 is 35.0 Å². The molecular formula is C39H48ClN13O6S. The van der Waals surface area contributed by atoms with Gasteiger partial charge in [0, 0.05) is 27.6 Å². The van der Waals surface area contributed by atoms with Crippen LogP contribution in [-0.4, -0.2) is 114 Å². The van der Waals surface area contributed by atoms with Crippen molar-refractivity contribution in [1.82, 2.24) is 54.6 Å². The SMILES string of the molecule is CCCCOc1nc(N)c2[nH]c(=O)n(Cc3cn(CCOCCOCCOCCNC(=O)CC4N=C(c5ccc(Cl)cc5)c5c(sc(C)c5C)-n5c(C)nnc54)nn3)c2n1. The minimum absolute atomic E-state index is 0.0949. The molecule has 1 amide bonds.